The molecule has 0 radical (unpaired) electrons. The van der Waals surface area contributed by atoms with Crippen molar-refractivity contribution < 1.29 is 14.7 Å². The number of thioether (sulfide) groups is 1. The van der Waals surface area contributed by atoms with Crippen molar-refractivity contribution in [3.05, 3.63) is 64.7 Å². The van der Waals surface area contributed by atoms with Crippen molar-refractivity contribution in [2.24, 2.45) is 0 Å². The summed E-state index contributed by atoms with van der Waals surface area (Å²) in [6, 6.07) is 12.3. The van der Waals surface area contributed by atoms with Crippen LogP contribution < -0.4 is 5.32 Å². The fourth-order valence-corrected chi connectivity index (χ4v) is 4.00. The standard InChI is InChI=1S/C19H19NO3S/c1-11-7-8-14(9-12(11)2)17(19(22)23)20-18(21)16-10-13-5-3-4-6-15(13)24-16/h3-9,16-17H,10H2,1-2H3,(H,20,21)(H,22,23). The highest BCUT2D eigenvalue weighted by Gasteiger charge is 2.31. The summed E-state index contributed by atoms with van der Waals surface area (Å²) >= 11 is 1.49. The first-order valence-electron chi connectivity index (χ1n) is 7.80. The molecule has 2 aromatic carbocycles. The molecule has 0 bridgehead atoms. The van der Waals surface area contributed by atoms with Gasteiger partial charge in [-0.25, -0.2) is 4.79 Å². The van der Waals surface area contributed by atoms with Crippen LogP contribution in [0, 0.1) is 13.8 Å². The maximum Gasteiger partial charge on any atom is 0.330 e. The first-order chi connectivity index (χ1) is 11.5. The SMILES string of the molecule is Cc1ccc(C(NC(=O)C2Cc3ccccc3S2)C(=O)O)cc1C. The van der Waals surface area contributed by atoms with E-state index in [0.717, 1.165) is 21.6 Å². The molecule has 4 nitrogen and oxygen atoms in total. The van der Waals surface area contributed by atoms with Crippen LogP contribution in [0.25, 0.3) is 0 Å². The van der Waals surface area contributed by atoms with Gasteiger partial charge in [0.1, 0.15) is 0 Å². The van der Waals surface area contributed by atoms with Gasteiger partial charge in [-0.15, -0.1) is 11.8 Å². The number of benzene rings is 2. The zero-order valence-corrected chi connectivity index (χ0v) is 14.4. The molecule has 1 aliphatic heterocycles. The molecule has 1 amide bonds. The summed E-state index contributed by atoms with van der Waals surface area (Å²) in [4.78, 5) is 25.3. The third-order valence-electron chi connectivity index (χ3n) is 4.34. The Balaban J connectivity index is 1.76. The van der Waals surface area contributed by atoms with E-state index in [1.807, 2.05) is 50.2 Å². The van der Waals surface area contributed by atoms with Gasteiger partial charge in [0.15, 0.2) is 6.04 Å². The number of carboxylic acid groups (broad SMARTS) is 1. The molecular formula is C19H19NO3S. The lowest BCUT2D eigenvalue weighted by Gasteiger charge is -2.18. The molecule has 2 atom stereocenters. The number of carbonyl (C=O) groups excluding carboxylic acids is 1. The Labute approximate surface area is 145 Å². The molecular weight excluding hydrogens is 322 g/mol. The molecule has 0 aromatic heterocycles. The Morgan fingerprint density at radius 1 is 1.17 bits per heavy atom. The molecule has 5 heteroatoms. The predicted molar refractivity (Wildman–Crippen MR) is 94.2 cm³/mol. The van der Waals surface area contributed by atoms with Crippen LogP contribution in [0.2, 0.25) is 0 Å². The predicted octanol–water partition coefficient (Wildman–Crippen LogP) is 3.26. The number of fused-ring (bicyclic) bond motifs is 1. The molecule has 0 aliphatic carbocycles. The normalized spacial score (nSPS) is 17.2. The second kappa shape index (κ2) is 6.69. The first kappa shape index (κ1) is 16.6. The second-order valence-corrected chi connectivity index (χ2v) is 7.29. The maximum atomic E-state index is 12.6. The third-order valence-corrected chi connectivity index (χ3v) is 5.65. The molecule has 2 unspecified atom stereocenters. The Hall–Kier alpha value is -2.27. The van der Waals surface area contributed by atoms with E-state index >= 15 is 0 Å². The number of hydrogen-bond donors (Lipinski definition) is 2. The Morgan fingerprint density at radius 2 is 1.92 bits per heavy atom. The fourth-order valence-electron chi connectivity index (χ4n) is 2.80. The van der Waals surface area contributed by atoms with Crippen molar-refractivity contribution in [3.8, 4) is 0 Å². The van der Waals surface area contributed by atoms with Crippen LogP contribution in [0.5, 0.6) is 0 Å². The van der Waals surface area contributed by atoms with Crippen molar-refractivity contribution in [1.29, 1.82) is 0 Å². The van der Waals surface area contributed by atoms with E-state index < -0.39 is 12.0 Å². The molecule has 0 saturated carbocycles. The molecule has 24 heavy (non-hydrogen) atoms. The van der Waals surface area contributed by atoms with Crippen molar-refractivity contribution in [2.75, 3.05) is 0 Å². The van der Waals surface area contributed by atoms with E-state index in [2.05, 4.69) is 5.32 Å². The van der Waals surface area contributed by atoms with Crippen molar-refractivity contribution >= 4 is 23.6 Å². The first-order valence-corrected chi connectivity index (χ1v) is 8.68. The minimum absolute atomic E-state index is 0.234. The van der Waals surface area contributed by atoms with Gasteiger partial charge in [-0.1, -0.05) is 36.4 Å². The highest BCUT2D eigenvalue weighted by molar-refractivity contribution is 8.01. The molecule has 2 N–H and O–H groups in total. The Bertz CT molecular complexity index is 778. The fraction of sp³-hybridized carbons (Fsp3) is 0.263. The number of aryl methyl sites for hydroxylation is 2. The zero-order chi connectivity index (χ0) is 17.3. The molecule has 0 fully saturated rings. The van der Waals surface area contributed by atoms with Gasteiger partial charge >= 0.3 is 5.97 Å². The summed E-state index contributed by atoms with van der Waals surface area (Å²) in [6.45, 7) is 3.91. The number of hydrogen-bond acceptors (Lipinski definition) is 3. The van der Waals surface area contributed by atoms with E-state index in [-0.39, 0.29) is 11.2 Å². The van der Waals surface area contributed by atoms with Gasteiger partial charge < -0.3 is 10.4 Å². The number of carboxylic acids is 1. The molecule has 3 rings (SSSR count). The maximum absolute atomic E-state index is 12.6. The molecule has 0 spiro atoms. The number of rotatable bonds is 4. The number of amides is 1. The molecule has 0 saturated heterocycles. The van der Waals surface area contributed by atoms with E-state index in [1.165, 1.54) is 11.8 Å². The number of nitrogens with one attached hydrogen (secondary N) is 1. The van der Waals surface area contributed by atoms with E-state index in [4.69, 9.17) is 0 Å². The molecule has 2 aromatic rings. The smallest absolute Gasteiger partial charge is 0.330 e. The molecule has 124 valence electrons. The van der Waals surface area contributed by atoms with E-state index in [1.54, 1.807) is 6.07 Å². The van der Waals surface area contributed by atoms with Crippen LogP contribution >= 0.6 is 11.8 Å². The second-order valence-electron chi connectivity index (χ2n) is 6.04. The summed E-state index contributed by atoms with van der Waals surface area (Å²) < 4.78 is 0. The minimum Gasteiger partial charge on any atom is -0.479 e. The number of carbonyl (C=O) groups is 2. The van der Waals surface area contributed by atoms with Gasteiger partial charge in [0.2, 0.25) is 5.91 Å². The van der Waals surface area contributed by atoms with Crippen molar-refractivity contribution in [3.63, 3.8) is 0 Å². The third kappa shape index (κ3) is 3.31. The van der Waals surface area contributed by atoms with Crippen molar-refractivity contribution in [2.45, 2.75) is 36.5 Å². The van der Waals surface area contributed by atoms with Gasteiger partial charge in [0.25, 0.3) is 0 Å². The van der Waals surface area contributed by atoms with Gasteiger partial charge in [-0.3, -0.25) is 4.79 Å². The van der Waals surface area contributed by atoms with Crippen LogP contribution in [-0.2, 0) is 16.0 Å². The average molecular weight is 341 g/mol. The van der Waals surface area contributed by atoms with Crippen LogP contribution in [-0.4, -0.2) is 22.2 Å². The lowest BCUT2D eigenvalue weighted by atomic mass is 10.0. The van der Waals surface area contributed by atoms with Gasteiger partial charge in [0.05, 0.1) is 5.25 Å². The average Bonchev–Trinajstić information content (AvgIpc) is 2.99. The largest absolute Gasteiger partial charge is 0.479 e. The zero-order valence-electron chi connectivity index (χ0n) is 13.6. The summed E-state index contributed by atoms with van der Waals surface area (Å²) in [5.74, 6) is -1.28. The summed E-state index contributed by atoms with van der Waals surface area (Å²) in [6.07, 6.45) is 0.631. The lowest BCUT2D eigenvalue weighted by molar-refractivity contribution is -0.141. The van der Waals surface area contributed by atoms with E-state index in [9.17, 15) is 14.7 Å². The van der Waals surface area contributed by atoms with E-state index in [0.29, 0.717) is 12.0 Å². The van der Waals surface area contributed by atoms with Crippen LogP contribution in [0.4, 0.5) is 0 Å². The topological polar surface area (TPSA) is 66.4 Å². The highest BCUT2D eigenvalue weighted by Crippen LogP contribution is 2.37. The van der Waals surface area contributed by atoms with Crippen LogP contribution in [0.3, 0.4) is 0 Å². The van der Waals surface area contributed by atoms with Crippen LogP contribution in [0.1, 0.15) is 28.3 Å². The van der Waals surface area contributed by atoms with Gasteiger partial charge in [-0.05, 0) is 48.6 Å². The Kier molecular flexibility index (Phi) is 4.62. The lowest BCUT2D eigenvalue weighted by Crippen LogP contribution is -2.39. The Morgan fingerprint density at radius 3 is 2.58 bits per heavy atom. The van der Waals surface area contributed by atoms with Crippen LogP contribution in [0.15, 0.2) is 47.4 Å². The summed E-state index contributed by atoms with van der Waals surface area (Å²) in [5, 5.41) is 11.9. The molecule has 1 aliphatic rings. The monoisotopic (exact) mass is 341 g/mol. The van der Waals surface area contributed by atoms with Gasteiger partial charge in [-0.2, -0.15) is 0 Å². The van der Waals surface area contributed by atoms with Gasteiger partial charge in [0, 0.05) is 4.90 Å². The highest BCUT2D eigenvalue weighted by atomic mass is 32.2. The van der Waals surface area contributed by atoms with Crippen molar-refractivity contribution in [1.82, 2.24) is 5.32 Å². The number of aliphatic carboxylic acids is 1. The summed E-state index contributed by atoms with van der Waals surface area (Å²) in [7, 11) is 0. The molecule has 1 heterocycles. The summed E-state index contributed by atoms with van der Waals surface area (Å²) in [5.41, 5.74) is 3.84. The quantitative estimate of drug-likeness (QED) is 0.896. The minimum atomic E-state index is -1.05.